The Hall–Kier alpha value is -2.08. The number of aromatic nitrogens is 2. The number of H-pyrrole nitrogens is 1. The molecule has 2 saturated heterocycles. The molecule has 0 aromatic carbocycles. The van der Waals surface area contributed by atoms with Crippen molar-refractivity contribution in [2.75, 3.05) is 12.3 Å². The number of nitrogens with two attached hydrogens (primary N) is 1. The largest absolute Gasteiger partial charge is 0.394 e. The number of fused-ring (bicyclic) bond motifs is 1. The number of anilines is 1. The molecule has 0 saturated carbocycles. The highest BCUT2D eigenvalue weighted by Crippen LogP contribution is 2.43. The van der Waals surface area contributed by atoms with Crippen molar-refractivity contribution in [1.82, 2.24) is 9.55 Å². The molecule has 0 amide bonds. The monoisotopic (exact) mass is 328 g/mol. The fourth-order valence-corrected chi connectivity index (χ4v) is 2.91. The van der Waals surface area contributed by atoms with E-state index in [4.69, 9.17) is 19.9 Å². The summed E-state index contributed by atoms with van der Waals surface area (Å²) in [6.45, 7) is 2.98. The molecule has 11 nitrogen and oxygen atoms in total. The fourth-order valence-electron chi connectivity index (χ4n) is 2.91. The van der Waals surface area contributed by atoms with Gasteiger partial charge in [0.1, 0.15) is 24.1 Å². The van der Waals surface area contributed by atoms with E-state index in [1.807, 2.05) is 4.98 Å². The van der Waals surface area contributed by atoms with E-state index in [0.717, 1.165) is 4.57 Å². The number of nitrogens with zero attached hydrogens (tertiary/aromatic N) is 2. The van der Waals surface area contributed by atoms with Gasteiger partial charge in [0.15, 0.2) is 12.0 Å². The Morgan fingerprint density at radius 2 is 2.00 bits per heavy atom. The van der Waals surface area contributed by atoms with Crippen LogP contribution < -0.4 is 17.0 Å². The molecule has 4 N–H and O–H groups in total. The summed E-state index contributed by atoms with van der Waals surface area (Å²) in [4.78, 5) is 36.4. The molecule has 0 bridgehead atoms. The van der Waals surface area contributed by atoms with Gasteiger partial charge in [-0.2, -0.15) is 0 Å². The molecule has 126 valence electrons. The summed E-state index contributed by atoms with van der Waals surface area (Å²) in [5.74, 6) is -1.39. The third-order valence-corrected chi connectivity index (χ3v) is 3.81. The predicted octanol–water partition coefficient (Wildman–Crippen LogP) is -1.07. The first-order chi connectivity index (χ1) is 10.8. The van der Waals surface area contributed by atoms with Crippen LogP contribution >= 0.6 is 0 Å². The summed E-state index contributed by atoms with van der Waals surface area (Å²) in [5, 5.41) is 12.0. The van der Waals surface area contributed by atoms with E-state index < -0.39 is 53.1 Å². The van der Waals surface area contributed by atoms with Crippen LogP contribution in [0.1, 0.15) is 20.1 Å². The maximum absolute atomic E-state index is 12.1. The lowest BCUT2D eigenvalue weighted by Gasteiger charge is -2.25. The van der Waals surface area contributed by atoms with Crippen molar-refractivity contribution in [2.24, 2.45) is 5.18 Å². The molecular weight excluding hydrogens is 312 g/mol. The number of hydrogen-bond acceptors (Lipinski definition) is 9. The van der Waals surface area contributed by atoms with Crippen molar-refractivity contribution in [3.05, 3.63) is 25.7 Å². The Bertz CT molecular complexity index is 755. The maximum Gasteiger partial charge on any atom is 0.332 e. The molecular formula is C12H16N4O7. The highest BCUT2D eigenvalue weighted by atomic mass is 16.8. The van der Waals surface area contributed by atoms with Crippen LogP contribution in [0.25, 0.3) is 0 Å². The first kappa shape index (κ1) is 15.8. The zero-order valence-electron chi connectivity index (χ0n) is 12.4. The lowest BCUT2D eigenvalue weighted by molar-refractivity contribution is -0.200. The van der Waals surface area contributed by atoms with Crippen LogP contribution in [0.5, 0.6) is 0 Å². The van der Waals surface area contributed by atoms with Crippen LogP contribution in [0, 0.1) is 4.91 Å². The second-order valence-electron chi connectivity index (χ2n) is 5.77. The molecule has 2 aliphatic rings. The summed E-state index contributed by atoms with van der Waals surface area (Å²) >= 11 is 0. The Morgan fingerprint density at radius 3 is 2.61 bits per heavy atom. The summed E-state index contributed by atoms with van der Waals surface area (Å²) in [6, 6.07) is 0. The van der Waals surface area contributed by atoms with E-state index in [-0.39, 0.29) is 6.61 Å². The van der Waals surface area contributed by atoms with Crippen LogP contribution in [-0.2, 0) is 14.2 Å². The lowest BCUT2D eigenvalue weighted by Crippen LogP contribution is -2.39. The van der Waals surface area contributed by atoms with Gasteiger partial charge in [-0.3, -0.25) is 9.78 Å². The van der Waals surface area contributed by atoms with Gasteiger partial charge in [0.2, 0.25) is 5.69 Å². The molecule has 2 fully saturated rings. The summed E-state index contributed by atoms with van der Waals surface area (Å²) in [7, 11) is 0. The molecule has 3 heterocycles. The van der Waals surface area contributed by atoms with E-state index in [1.165, 1.54) is 0 Å². The van der Waals surface area contributed by atoms with Gasteiger partial charge in [-0.25, -0.2) is 9.36 Å². The molecule has 1 aromatic rings. The molecule has 0 radical (unpaired) electrons. The number of nitroso groups, excluding NO2 is 1. The van der Waals surface area contributed by atoms with Crippen LogP contribution in [-0.4, -0.2) is 45.4 Å². The number of ether oxygens (including phenoxy) is 3. The van der Waals surface area contributed by atoms with Gasteiger partial charge in [0.25, 0.3) is 5.56 Å². The van der Waals surface area contributed by atoms with Crippen molar-refractivity contribution in [2.45, 2.75) is 44.2 Å². The molecule has 2 aliphatic heterocycles. The van der Waals surface area contributed by atoms with Crippen molar-refractivity contribution >= 4 is 11.5 Å². The number of aliphatic hydroxyl groups is 1. The number of nitrogens with one attached hydrogen (secondary N) is 1. The third kappa shape index (κ3) is 2.37. The summed E-state index contributed by atoms with van der Waals surface area (Å²) < 4.78 is 17.8. The maximum atomic E-state index is 12.1. The van der Waals surface area contributed by atoms with E-state index in [1.54, 1.807) is 13.8 Å². The molecule has 11 heteroatoms. The molecule has 1 aromatic heterocycles. The number of hydrogen-bond donors (Lipinski definition) is 3. The number of aliphatic hydroxyl groups excluding tert-OH is 1. The van der Waals surface area contributed by atoms with Crippen LogP contribution in [0.4, 0.5) is 11.5 Å². The van der Waals surface area contributed by atoms with Gasteiger partial charge in [-0.1, -0.05) is 0 Å². The minimum absolute atomic E-state index is 0.367. The average molecular weight is 328 g/mol. The molecule has 23 heavy (non-hydrogen) atoms. The highest BCUT2D eigenvalue weighted by Gasteiger charge is 2.56. The minimum Gasteiger partial charge on any atom is -0.394 e. The van der Waals surface area contributed by atoms with Gasteiger partial charge >= 0.3 is 5.69 Å². The molecule has 3 rings (SSSR count). The first-order valence-corrected chi connectivity index (χ1v) is 6.88. The second kappa shape index (κ2) is 5.23. The van der Waals surface area contributed by atoms with Crippen molar-refractivity contribution in [1.29, 1.82) is 0 Å². The predicted molar refractivity (Wildman–Crippen MR) is 76.0 cm³/mol. The van der Waals surface area contributed by atoms with Gasteiger partial charge in [0, 0.05) is 0 Å². The van der Waals surface area contributed by atoms with E-state index >= 15 is 0 Å². The second-order valence-corrected chi connectivity index (χ2v) is 5.77. The standard InChI is InChI=1S/C12H16N4O7/c1-12(2)22-6-4(3-17)21-10(7(6)23-12)16-8(13)5(15-20)9(18)14-11(16)19/h4,6-7,10,17H,3,13H2,1-2H3,(H,14,18,19)/t4-,6-,7-,10-/m1/s1. The topological polar surface area (TPSA) is 158 Å². The van der Waals surface area contributed by atoms with Gasteiger partial charge < -0.3 is 25.1 Å². The van der Waals surface area contributed by atoms with Crippen LogP contribution in [0.15, 0.2) is 14.8 Å². The summed E-state index contributed by atoms with van der Waals surface area (Å²) in [6.07, 6.45) is -3.22. The lowest BCUT2D eigenvalue weighted by atomic mass is 10.1. The van der Waals surface area contributed by atoms with Crippen molar-refractivity contribution < 1.29 is 19.3 Å². The van der Waals surface area contributed by atoms with Gasteiger partial charge in [0.05, 0.1) is 6.61 Å². The molecule has 4 atom stereocenters. The first-order valence-electron chi connectivity index (χ1n) is 6.88. The van der Waals surface area contributed by atoms with Crippen LogP contribution in [0.3, 0.4) is 0 Å². The minimum atomic E-state index is -1.08. The third-order valence-electron chi connectivity index (χ3n) is 3.81. The highest BCUT2D eigenvalue weighted by molar-refractivity contribution is 5.55. The Balaban J connectivity index is 2.11. The van der Waals surface area contributed by atoms with Gasteiger partial charge in [-0.15, -0.1) is 4.91 Å². The Labute approximate surface area is 128 Å². The molecule has 0 unspecified atom stereocenters. The SMILES string of the molecule is CC1(C)O[C@@H]2[C@H](O1)[C@@H](CO)O[C@H]2n1c(N)c(N=O)c(=O)[nH]c1=O. The van der Waals surface area contributed by atoms with Gasteiger partial charge in [-0.05, 0) is 19.0 Å². The summed E-state index contributed by atoms with van der Waals surface area (Å²) in [5.41, 5.74) is 3.22. The van der Waals surface area contributed by atoms with E-state index in [2.05, 4.69) is 5.18 Å². The normalized spacial score (nSPS) is 32.0. The Morgan fingerprint density at radius 1 is 1.35 bits per heavy atom. The Kier molecular flexibility index (Phi) is 3.59. The van der Waals surface area contributed by atoms with E-state index in [9.17, 15) is 19.6 Å². The van der Waals surface area contributed by atoms with Crippen molar-refractivity contribution in [3.8, 4) is 0 Å². The molecule has 0 aliphatic carbocycles. The smallest absolute Gasteiger partial charge is 0.332 e. The van der Waals surface area contributed by atoms with E-state index in [0.29, 0.717) is 0 Å². The average Bonchev–Trinajstić information content (AvgIpc) is 2.93. The molecule has 0 spiro atoms. The zero-order valence-corrected chi connectivity index (χ0v) is 12.4. The quantitative estimate of drug-likeness (QED) is 0.591. The van der Waals surface area contributed by atoms with Crippen LogP contribution in [0.2, 0.25) is 0 Å². The number of rotatable bonds is 3. The number of nitrogen functional groups attached to an aromatic ring is 1. The number of aromatic amines is 1. The zero-order chi connectivity index (χ0) is 16.9. The fraction of sp³-hybridized carbons (Fsp3) is 0.667. The van der Waals surface area contributed by atoms with Crippen molar-refractivity contribution in [3.63, 3.8) is 0 Å².